The summed E-state index contributed by atoms with van der Waals surface area (Å²) in [7, 11) is 0. The van der Waals surface area contributed by atoms with E-state index < -0.39 is 0 Å². The van der Waals surface area contributed by atoms with Gasteiger partial charge in [-0.25, -0.2) is 0 Å². The van der Waals surface area contributed by atoms with Crippen LogP contribution in [0.5, 0.6) is 0 Å². The van der Waals surface area contributed by atoms with Crippen molar-refractivity contribution in [3.63, 3.8) is 0 Å². The third-order valence-corrected chi connectivity index (χ3v) is 3.51. The van der Waals surface area contributed by atoms with E-state index in [0.717, 1.165) is 33.6 Å². The largest absolute Gasteiger partial charge is 0.261 e. The molecule has 0 amide bonds. The van der Waals surface area contributed by atoms with Gasteiger partial charge in [0.15, 0.2) is 0 Å². The molecule has 0 unspecified atom stereocenters. The van der Waals surface area contributed by atoms with Gasteiger partial charge in [0.25, 0.3) is 0 Å². The number of pyridine rings is 1. The van der Waals surface area contributed by atoms with Gasteiger partial charge in [-0.05, 0) is 41.8 Å². The molecule has 0 atom stereocenters. The lowest BCUT2D eigenvalue weighted by molar-refractivity contribution is 1.01. The van der Waals surface area contributed by atoms with E-state index in [1.165, 1.54) is 5.56 Å². The van der Waals surface area contributed by atoms with E-state index in [1.807, 2.05) is 18.3 Å². The summed E-state index contributed by atoms with van der Waals surface area (Å²) >= 11 is 9.62. The molecule has 0 saturated carbocycles. The van der Waals surface area contributed by atoms with Crippen molar-refractivity contribution in [2.75, 3.05) is 0 Å². The van der Waals surface area contributed by atoms with Crippen molar-refractivity contribution in [3.8, 4) is 0 Å². The molecule has 1 nitrogen and oxygen atoms in total. The Morgan fingerprint density at radius 3 is 2.71 bits per heavy atom. The summed E-state index contributed by atoms with van der Waals surface area (Å²) in [6.45, 7) is 2.10. The maximum absolute atomic E-state index is 6.16. The van der Waals surface area contributed by atoms with Gasteiger partial charge in [-0.2, -0.15) is 0 Å². The third-order valence-electron chi connectivity index (χ3n) is 2.65. The lowest BCUT2D eigenvalue weighted by atomic mass is 10.1. The molecule has 0 saturated heterocycles. The average Bonchev–Trinajstić information content (AvgIpc) is 2.35. The number of hydrogen-bond acceptors (Lipinski definition) is 1. The number of aromatic nitrogens is 1. The van der Waals surface area contributed by atoms with Crippen LogP contribution in [0.2, 0.25) is 5.02 Å². The van der Waals surface area contributed by atoms with Crippen molar-refractivity contribution < 1.29 is 0 Å². The van der Waals surface area contributed by atoms with Crippen LogP contribution in [-0.4, -0.2) is 4.98 Å². The molecule has 0 aliphatic carbocycles. The second kappa shape index (κ2) is 5.65. The van der Waals surface area contributed by atoms with Crippen LogP contribution >= 0.6 is 27.5 Å². The Kier molecular flexibility index (Phi) is 4.19. The fourth-order valence-electron chi connectivity index (χ4n) is 1.67. The molecule has 17 heavy (non-hydrogen) atoms. The summed E-state index contributed by atoms with van der Waals surface area (Å²) in [4.78, 5) is 4.39. The molecule has 0 bridgehead atoms. The van der Waals surface area contributed by atoms with Gasteiger partial charge in [-0.15, -0.1) is 0 Å². The van der Waals surface area contributed by atoms with Gasteiger partial charge in [0.2, 0.25) is 0 Å². The minimum absolute atomic E-state index is 0.799. The molecule has 88 valence electrons. The molecule has 0 spiro atoms. The molecule has 3 heteroatoms. The summed E-state index contributed by atoms with van der Waals surface area (Å²) in [6, 6.07) is 10.1. The highest BCUT2D eigenvalue weighted by molar-refractivity contribution is 9.10. The molecule has 0 N–H and O–H groups in total. The fraction of sp³-hybridized carbons (Fsp3) is 0.214. The normalized spacial score (nSPS) is 10.5. The Balaban J connectivity index is 2.22. The number of hydrogen-bond donors (Lipinski definition) is 0. The fourth-order valence-corrected chi connectivity index (χ4v) is 2.26. The summed E-state index contributed by atoms with van der Waals surface area (Å²) in [5.74, 6) is 0. The molecule has 0 radical (unpaired) electrons. The summed E-state index contributed by atoms with van der Waals surface area (Å²) in [5.41, 5.74) is 3.42. The molecule has 1 aromatic carbocycles. The zero-order valence-corrected chi connectivity index (χ0v) is 11.9. The SMILES string of the molecule is CCc1ccc(Cc2cc(Br)ccc2Cl)cn1. The predicted octanol–water partition coefficient (Wildman–Crippen LogP) is 4.65. The Bertz CT molecular complexity index is 508. The second-order valence-corrected chi connectivity index (χ2v) is 5.25. The lowest BCUT2D eigenvalue weighted by Gasteiger charge is -2.05. The standard InChI is InChI=1S/C14H13BrClN/c1-2-13-5-3-10(9-17-13)7-11-8-12(15)4-6-14(11)16/h3-6,8-9H,2,7H2,1H3. The van der Waals surface area contributed by atoms with Gasteiger partial charge >= 0.3 is 0 Å². The molecule has 1 heterocycles. The molecule has 0 aliphatic rings. The molecular weight excluding hydrogens is 298 g/mol. The molecular formula is C14H13BrClN. The van der Waals surface area contributed by atoms with Gasteiger partial charge in [0, 0.05) is 27.8 Å². The number of rotatable bonds is 3. The Labute approximate surface area is 115 Å². The highest BCUT2D eigenvalue weighted by Crippen LogP contribution is 2.23. The summed E-state index contributed by atoms with van der Waals surface area (Å²) in [6.07, 6.45) is 3.71. The Morgan fingerprint density at radius 2 is 2.06 bits per heavy atom. The van der Waals surface area contributed by atoms with Crippen LogP contribution in [0.3, 0.4) is 0 Å². The van der Waals surface area contributed by atoms with E-state index in [9.17, 15) is 0 Å². The van der Waals surface area contributed by atoms with Gasteiger partial charge in [0.05, 0.1) is 0 Å². The third kappa shape index (κ3) is 3.30. The zero-order chi connectivity index (χ0) is 12.3. The van der Waals surface area contributed by atoms with Crippen LogP contribution < -0.4 is 0 Å². The van der Waals surface area contributed by atoms with E-state index in [1.54, 1.807) is 0 Å². The van der Waals surface area contributed by atoms with Crippen LogP contribution in [0, 0.1) is 0 Å². The molecule has 0 fully saturated rings. The minimum atomic E-state index is 0.799. The minimum Gasteiger partial charge on any atom is -0.261 e. The smallest absolute Gasteiger partial charge is 0.0442 e. The molecule has 1 aromatic heterocycles. The average molecular weight is 311 g/mol. The van der Waals surface area contributed by atoms with Crippen LogP contribution in [0.4, 0.5) is 0 Å². The Morgan fingerprint density at radius 1 is 1.24 bits per heavy atom. The highest BCUT2D eigenvalue weighted by atomic mass is 79.9. The maximum atomic E-state index is 6.16. The van der Waals surface area contributed by atoms with Crippen molar-refractivity contribution in [2.24, 2.45) is 0 Å². The molecule has 0 aliphatic heterocycles. The first-order chi connectivity index (χ1) is 8.19. The van der Waals surface area contributed by atoms with Crippen LogP contribution in [-0.2, 0) is 12.8 Å². The van der Waals surface area contributed by atoms with Gasteiger partial charge in [-0.3, -0.25) is 4.98 Å². The number of benzene rings is 1. The van der Waals surface area contributed by atoms with Crippen LogP contribution in [0.15, 0.2) is 41.0 Å². The number of aryl methyl sites for hydroxylation is 1. The Hall–Kier alpha value is -0.860. The first-order valence-electron chi connectivity index (χ1n) is 5.56. The maximum Gasteiger partial charge on any atom is 0.0442 e. The van der Waals surface area contributed by atoms with Crippen LogP contribution in [0.25, 0.3) is 0 Å². The van der Waals surface area contributed by atoms with Gasteiger partial charge in [0.1, 0.15) is 0 Å². The second-order valence-electron chi connectivity index (χ2n) is 3.92. The van der Waals surface area contributed by atoms with Crippen molar-refractivity contribution in [1.29, 1.82) is 0 Å². The highest BCUT2D eigenvalue weighted by Gasteiger charge is 2.03. The monoisotopic (exact) mass is 309 g/mol. The van der Waals surface area contributed by atoms with E-state index in [2.05, 4.69) is 46.0 Å². The van der Waals surface area contributed by atoms with Crippen molar-refractivity contribution in [3.05, 3.63) is 62.8 Å². The van der Waals surface area contributed by atoms with Crippen molar-refractivity contribution in [1.82, 2.24) is 4.98 Å². The van der Waals surface area contributed by atoms with Gasteiger partial charge < -0.3 is 0 Å². The summed E-state index contributed by atoms with van der Waals surface area (Å²) < 4.78 is 1.05. The first-order valence-corrected chi connectivity index (χ1v) is 6.74. The quantitative estimate of drug-likeness (QED) is 0.804. The van der Waals surface area contributed by atoms with E-state index >= 15 is 0 Å². The van der Waals surface area contributed by atoms with Gasteiger partial charge in [-0.1, -0.05) is 40.5 Å². The molecule has 2 aromatic rings. The first kappa shape index (κ1) is 12.6. The zero-order valence-electron chi connectivity index (χ0n) is 9.58. The number of halogens is 2. The number of nitrogens with zero attached hydrogens (tertiary/aromatic N) is 1. The lowest BCUT2D eigenvalue weighted by Crippen LogP contribution is -1.93. The molecule has 2 rings (SSSR count). The predicted molar refractivity (Wildman–Crippen MR) is 75.6 cm³/mol. The van der Waals surface area contributed by atoms with E-state index in [4.69, 9.17) is 11.6 Å². The van der Waals surface area contributed by atoms with E-state index in [-0.39, 0.29) is 0 Å². The summed E-state index contributed by atoms with van der Waals surface area (Å²) in [5, 5.41) is 0.799. The van der Waals surface area contributed by atoms with E-state index in [0.29, 0.717) is 0 Å². The van der Waals surface area contributed by atoms with Crippen molar-refractivity contribution >= 4 is 27.5 Å². The van der Waals surface area contributed by atoms with Crippen molar-refractivity contribution in [2.45, 2.75) is 19.8 Å². The topological polar surface area (TPSA) is 12.9 Å². The van der Waals surface area contributed by atoms with Crippen LogP contribution in [0.1, 0.15) is 23.7 Å².